The highest BCUT2D eigenvalue weighted by Crippen LogP contribution is 2.19. The van der Waals surface area contributed by atoms with Crippen LogP contribution in [0.3, 0.4) is 0 Å². The van der Waals surface area contributed by atoms with Gasteiger partial charge in [-0.15, -0.1) is 0 Å². The van der Waals surface area contributed by atoms with Crippen LogP contribution in [0.1, 0.15) is 5.56 Å². The smallest absolute Gasteiger partial charge is 0.0643 e. The SMILES string of the molecule is O=C([O-])/C=C/c1cc(Cl)cc(Cl)c1. The highest BCUT2D eigenvalue weighted by atomic mass is 35.5. The van der Waals surface area contributed by atoms with Crippen LogP contribution in [-0.4, -0.2) is 5.97 Å². The van der Waals surface area contributed by atoms with Gasteiger partial charge in [0, 0.05) is 10.0 Å². The van der Waals surface area contributed by atoms with Gasteiger partial charge in [0.15, 0.2) is 0 Å². The lowest BCUT2D eigenvalue weighted by atomic mass is 10.2. The first kappa shape index (κ1) is 10.1. The lowest BCUT2D eigenvalue weighted by Gasteiger charge is -1.97. The molecule has 0 bridgehead atoms. The summed E-state index contributed by atoms with van der Waals surface area (Å²) in [7, 11) is 0. The van der Waals surface area contributed by atoms with Crippen LogP contribution in [0.2, 0.25) is 10.0 Å². The summed E-state index contributed by atoms with van der Waals surface area (Å²) >= 11 is 11.4. The Bertz CT molecular complexity index is 338. The first-order valence-electron chi connectivity index (χ1n) is 3.43. The van der Waals surface area contributed by atoms with Gasteiger partial charge < -0.3 is 9.90 Å². The molecule has 1 aromatic rings. The lowest BCUT2D eigenvalue weighted by Crippen LogP contribution is -2.18. The van der Waals surface area contributed by atoms with E-state index >= 15 is 0 Å². The Morgan fingerprint density at radius 2 is 1.77 bits per heavy atom. The Hall–Kier alpha value is -0.990. The predicted octanol–water partition coefficient (Wildman–Crippen LogP) is 1.76. The van der Waals surface area contributed by atoms with Crippen molar-refractivity contribution in [3.63, 3.8) is 0 Å². The number of carbonyl (C=O) groups excluding carboxylic acids is 1. The van der Waals surface area contributed by atoms with Crippen LogP contribution in [-0.2, 0) is 4.79 Å². The van der Waals surface area contributed by atoms with Crippen LogP contribution < -0.4 is 5.11 Å². The van der Waals surface area contributed by atoms with Crippen molar-refractivity contribution in [2.24, 2.45) is 0 Å². The molecule has 0 unspecified atom stereocenters. The Kier molecular flexibility index (Phi) is 3.34. The number of carboxylic acid groups (broad SMARTS) is 1. The van der Waals surface area contributed by atoms with Crippen LogP contribution >= 0.6 is 23.2 Å². The molecule has 0 aromatic heterocycles. The Balaban J connectivity index is 2.95. The molecule has 0 aliphatic heterocycles. The fourth-order valence-corrected chi connectivity index (χ4v) is 1.38. The maximum absolute atomic E-state index is 10.1. The van der Waals surface area contributed by atoms with Crippen molar-refractivity contribution >= 4 is 35.2 Å². The molecule has 0 fully saturated rings. The number of aliphatic carboxylic acids is 1. The molecule has 2 nitrogen and oxygen atoms in total. The molecule has 0 spiro atoms. The Labute approximate surface area is 85.4 Å². The molecule has 0 saturated carbocycles. The fourth-order valence-electron chi connectivity index (χ4n) is 0.836. The van der Waals surface area contributed by atoms with Crippen LogP contribution in [0.4, 0.5) is 0 Å². The van der Waals surface area contributed by atoms with E-state index in [1.807, 2.05) is 0 Å². The lowest BCUT2D eigenvalue weighted by molar-refractivity contribution is -0.297. The van der Waals surface area contributed by atoms with Crippen LogP contribution in [0.5, 0.6) is 0 Å². The zero-order chi connectivity index (χ0) is 9.84. The standard InChI is InChI=1S/C9H6Cl2O2/c10-7-3-6(1-2-9(12)13)4-8(11)5-7/h1-5H,(H,12,13)/p-1/b2-1+. The topological polar surface area (TPSA) is 40.1 Å². The summed E-state index contributed by atoms with van der Waals surface area (Å²) in [5, 5.41) is 11.0. The zero-order valence-corrected chi connectivity index (χ0v) is 7.97. The molecular weight excluding hydrogens is 211 g/mol. The first-order valence-corrected chi connectivity index (χ1v) is 4.18. The van der Waals surface area contributed by atoms with E-state index in [-0.39, 0.29) is 0 Å². The van der Waals surface area contributed by atoms with Gasteiger partial charge in [0.2, 0.25) is 0 Å². The summed E-state index contributed by atoms with van der Waals surface area (Å²) < 4.78 is 0. The maximum Gasteiger partial charge on any atom is 0.0643 e. The Morgan fingerprint density at radius 1 is 1.23 bits per heavy atom. The Morgan fingerprint density at radius 3 is 2.23 bits per heavy atom. The quantitative estimate of drug-likeness (QED) is 0.706. The number of benzene rings is 1. The van der Waals surface area contributed by atoms with E-state index in [1.54, 1.807) is 18.2 Å². The second kappa shape index (κ2) is 4.30. The summed E-state index contributed by atoms with van der Waals surface area (Å²) in [5.41, 5.74) is 0.627. The summed E-state index contributed by atoms with van der Waals surface area (Å²) in [6.07, 6.45) is 2.29. The van der Waals surface area contributed by atoms with E-state index in [1.165, 1.54) is 6.08 Å². The fraction of sp³-hybridized carbons (Fsp3) is 0. The maximum atomic E-state index is 10.1. The number of hydrogen-bond acceptors (Lipinski definition) is 2. The van der Waals surface area contributed by atoms with Crippen molar-refractivity contribution in [3.8, 4) is 0 Å². The van der Waals surface area contributed by atoms with Crippen LogP contribution in [0.25, 0.3) is 6.08 Å². The predicted molar refractivity (Wildman–Crippen MR) is 50.5 cm³/mol. The summed E-state index contributed by atoms with van der Waals surface area (Å²) in [5.74, 6) is -1.25. The van der Waals surface area contributed by atoms with Gasteiger partial charge >= 0.3 is 0 Å². The summed E-state index contributed by atoms with van der Waals surface area (Å²) in [6, 6.07) is 4.78. The van der Waals surface area contributed by atoms with E-state index in [4.69, 9.17) is 23.2 Å². The molecule has 1 aromatic carbocycles. The summed E-state index contributed by atoms with van der Waals surface area (Å²) in [6.45, 7) is 0. The molecule has 4 heteroatoms. The normalized spacial score (nSPS) is 10.6. The second-order valence-electron chi connectivity index (χ2n) is 2.36. The number of hydrogen-bond donors (Lipinski definition) is 0. The summed E-state index contributed by atoms with van der Waals surface area (Å²) in [4.78, 5) is 10.1. The molecule has 0 amide bonds. The van der Waals surface area contributed by atoms with Crippen LogP contribution in [0.15, 0.2) is 24.3 Å². The molecule has 13 heavy (non-hydrogen) atoms. The third-order valence-corrected chi connectivity index (χ3v) is 1.73. The van der Waals surface area contributed by atoms with Gasteiger partial charge in [0.1, 0.15) is 0 Å². The molecule has 0 heterocycles. The molecule has 0 radical (unpaired) electrons. The van der Waals surface area contributed by atoms with Crippen molar-refractivity contribution in [1.82, 2.24) is 0 Å². The molecule has 0 N–H and O–H groups in total. The number of carbonyl (C=O) groups is 1. The highest BCUT2D eigenvalue weighted by molar-refractivity contribution is 6.34. The number of halogens is 2. The third kappa shape index (κ3) is 3.49. The van der Waals surface area contributed by atoms with Gasteiger partial charge in [-0.3, -0.25) is 0 Å². The first-order chi connectivity index (χ1) is 6.08. The van der Waals surface area contributed by atoms with E-state index in [0.29, 0.717) is 15.6 Å². The average molecular weight is 216 g/mol. The number of rotatable bonds is 2. The van der Waals surface area contributed by atoms with E-state index in [2.05, 4.69) is 0 Å². The van der Waals surface area contributed by atoms with Gasteiger partial charge in [-0.2, -0.15) is 0 Å². The van der Waals surface area contributed by atoms with Crippen molar-refractivity contribution < 1.29 is 9.90 Å². The minimum Gasteiger partial charge on any atom is -0.545 e. The minimum absolute atomic E-state index is 0.463. The molecule has 1 rings (SSSR count). The molecule has 0 atom stereocenters. The molecule has 0 aliphatic carbocycles. The average Bonchev–Trinajstić information content (AvgIpc) is 1.99. The monoisotopic (exact) mass is 215 g/mol. The molecule has 0 saturated heterocycles. The molecular formula is C9H5Cl2O2-. The van der Waals surface area contributed by atoms with Crippen molar-refractivity contribution in [1.29, 1.82) is 0 Å². The largest absolute Gasteiger partial charge is 0.545 e. The molecule has 0 aliphatic rings. The van der Waals surface area contributed by atoms with Gasteiger partial charge in [-0.25, -0.2) is 0 Å². The minimum atomic E-state index is -1.25. The third-order valence-electron chi connectivity index (χ3n) is 1.30. The van der Waals surface area contributed by atoms with Crippen molar-refractivity contribution in [2.45, 2.75) is 0 Å². The van der Waals surface area contributed by atoms with E-state index in [0.717, 1.165) is 6.08 Å². The van der Waals surface area contributed by atoms with Crippen LogP contribution in [0, 0.1) is 0 Å². The van der Waals surface area contributed by atoms with Gasteiger partial charge in [-0.1, -0.05) is 29.3 Å². The highest BCUT2D eigenvalue weighted by Gasteiger charge is 1.94. The van der Waals surface area contributed by atoms with Gasteiger partial charge in [-0.05, 0) is 29.8 Å². The van der Waals surface area contributed by atoms with E-state index in [9.17, 15) is 9.90 Å². The van der Waals surface area contributed by atoms with Gasteiger partial charge in [0.25, 0.3) is 0 Å². The van der Waals surface area contributed by atoms with E-state index < -0.39 is 5.97 Å². The molecule has 68 valence electrons. The zero-order valence-electron chi connectivity index (χ0n) is 6.46. The number of carboxylic acids is 1. The van der Waals surface area contributed by atoms with Crippen molar-refractivity contribution in [3.05, 3.63) is 39.9 Å². The second-order valence-corrected chi connectivity index (χ2v) is 3.23. The van der Waals surface area contributed by atoms with Gasteiger partial charge in [0.05, 0.1) is 5.97 Å². The van der Waals surface area contributed by atoms with Crippen molar-refractivity contribution in [2.75, 3.05) is 0 Å².